The van der Waals surface area contributed by atoms with Gasteiger partial charge in [-0.3, -0.25) is 4.79 Å². The van der Waals surface area contributed by atoms with E-state index in [1.54, 1.807) is 0 Å². The summed E-state index contributed by atoms with van der Waals surface area (Å²) in [5.74, 6) is 1.10. The number of Topliss-reactive ketones (excluding diaryl/α,β-unsaturated/α-hetero) is 1. The zero-order chi connectivity index (χ0) is 8.72. The fraction of sp³-hybridized carbons (Fsp3) is 0.500. The van der Waals surface area contributed by atoms with E-state index in [9.17, 15) is 4.79 Å². The van der Waals surface area contributed by atoms with E-state index in [0.717, 1.165) is 5.57 Å². The summed E-state index contributed by atoms with van der Waals surface area (Å²) in [6, 6.07) is 0. The van der Waals surface area contributed by atoms with Gasteiger partial charge < -0.3 is 4.74 Å². The van der Waals surface area contributed by atoms with Crippen molar-refractivity contribution in [2.24, 2.45) is 5.92 Å². The molecule has 0 aromatic carbocycles. The van der Waals surface area contributed by atoms with E-state index in [2.05, 4.69) is 6.92 Å². The van der Waals surface area contributed by atoms with Gasteiger partial charge >= 0.3 is 0 Å². The van der Waals surface area contributed by atoms with Crippen LogP contribution < -0.4 is 0 Å². The Labute approximate surface area is 71.9 Å². The Morgan fingerprint density at radius 2 is 2.25 bits per heavy atom. The van der Waals surface area contributed by atoms with Crippen LogP contribution in [-0.2, 0) is 9.53 Å². The second-order valence-corrected chi connectivity index (χ2v) is 3.43. The molecule has 2 rings (SSSR count). The minimum Gasteiger partial charge on any atom is -0.486 e. The first-order chi connectivity index (χ1) is 5.70. The number of carbonyl (C=O) groups excluding carboxylic acids is 1. The lowest BCUT2D eigenvalue weighted by Gasteiger charge is -2.09. The van der Waals surface area contributed by atoms with Gasteiger partial charge in [0, 0.05) is 17.9 Å². The van der Waals surface area contributed by atoms with Crippen LogP contribution in [0.4, 0.5) is 0 Å². The third-order valence-corrected chi connectivity index (χ3v) is 2.61. The predicted molar refractivity (Wildman–Crippen MR) is 45.5 cm³/mol. The molecule has 2 unspecified atom stereocenters. The van der Waals surface area contributed by atoms with Crippen molar-refractivity contribution in [2.75, 3.05) is 0 Å². The number of carbonyl (C=O) groups is 1. The molecule has 0 fully saturated rings. The van der Waals surface area contributed by atoms with Gasteiger partial charge in [0.15, 0.2) is 5.76 Å². The third-order valence-electron chi connectivity index (χ3n) is 2.61. The van der Waals surface area contributed by atoms with E-state index in [1.807, 2.05) is 19.1 Å². The minimum atomic E-state index is 0.128. The van der Waals surface area contributed by atoms with Gasteiger partial charge in [-0.1, -0.05) is 19.1 Å². The molecule has 2 aliphatic rings. The molecule has 0 radical (unpaired) electrons. The Morgan fingerprint density at radius 3 is 2.92 bits per heavy atom. The maximum absolute atomic E-state index is 11.3. The van der Waals surface area contributed by atoms with Crippen molar-refractivity contribution in [2.45, 2.75) is 26.4 Å². The highest BCUT2D eigenvalue weighted by Gasteiger charge is 2.33. The van der Waals surface area contributed by atoms with Crippen molar-refractivity contribution in [3.63, 3.8) is 0 Å². The van der Waals surface area contributed by atoms with E-state index >= 15 is 0 Å². The number of ketones is 1. The lowest BCUT2D eigenvalue weighted by Crippen LogP contribution is -2.10. The van der Waals surface area contributed by atoms with Crippen LogP contribution in [0.2, 0.25) is 0 Å². The molecule has 0 amide bonds. The molecule has 0 bridgehead atoms. The SMILES string of the molecule is CC1OC2=C(C=CCC2=O)C1C. The second-order valence-electron chi connectivity index (χ2n) is 3.43. The van der Waals surface area contributed by atoms with Gasteiger partial charge in [0.2, 0.25) is 5.78 Å². The molecule has 0 N–H and O–H groups in total. The molecule has 1 aliphatic heterocycles. The van der Waals surface area contributed by atoms with Crippen LogP contribution in [0, 0.1) is 5.92 Å². The van der Waals surface area contributed by atoms with Crippen LogP contribution in [0.5, 0.6) is 0 Å². The predicted octanol–water partition coefficient (Wildman–Crippen LogP) is 1.82. The van der Waals surface area contributed by atoms with Gasteiger partial charge in [0.1, 0.15) is 6.10 Å². The summed E-state index contributed by atoms with van der Waals surface area (Å²) < 4.78 is 5.47. The summed E-state index contributed by atoms with van der Waals surface area (Å²) in [4.78, 5) is 11.3. The largest absolute Gasteiger partial charge is 0.486 e. The van der Waals surface area contributed by atoms with Gasteiger partial charge in [-0.05, 0) is 6.92 Å². The molecule has 1 aliphatic carbocycles. The number of hydrogen-bond donors (Lipinski definition) is 0. The van der Waals surface area contributed by atoms with Gasteiger partial charge in [-0.25, -0.2) is 0 Å². The molecule has 0 spiro atoms. The normalized spacial score (nSPS) is 33.7. The molecular weight excluding hydrogens is 152 g/mol. The Hall–Kier alpha value is -1.05. The third kappa shape index (κ3) is 0.909. The molecule has 0 aromatic heterocycles. The van der Waals surface area contributed by atoms with Crippen molar-refractivity contribution in [1.82, 2.24) is 0 Å². The molecule has 2 nitrogen and oxygen atoms in total. The first-order valence-electron chi connectivity index (χ1n) is 4.30. The fourth-order valence-electron chi connectivity index (χ4n) is 1.66. The van der Waals surface area contributed by atoms with Gasteiger partial charge in [0.05, 0.1) is 0 Å². The van der Waals surface area contributed by atoms with Crippen LogP contribution in [0.1, 0.15) is 20.3 Å². The molecule has 2 heteroatoms. The maximum Gasteiger partial charge on any atom is 0.201 e. The fourth-order valence-corrected chi connectivity index (χ4v) is 1.66. The van der Waals surface area contributed by atoms with Crippen molar-refractivity contribution in [3.05, 3.63) is 23.5 Å². The molecule has 0 aromatic rings. The molecule has 2 atom stereocenters. The zero-order valence-electron chi connectivity index (χ0n) is 7.33. The molecule has 0 saturated heterocycles. The minimum absolute atomic E-state index is 0.128. The molecule has 0 saturated carbocycles. The highest BCUT2D eigenvalue weighted by Crippen LogP contribution is 2.34. The van der Waals surface area contributed by atoms with Gasteiger partial charge in [0.25, 0.3) is 0 Å². The molecule has 1 heterocycles. The molecule has 12 heavy (non-hydrogen) atoms. The van der Waals surface area contributed by atoms with E-state index in [1.165, 1.54) is 0 Å². The standard InChI is InChI=1S/C10H12O2/c1-6-7(2)12-10-8(6)4-3-5-9(10)11/h3-4,6-7H,5H2,1-2H3. The van der Waals surface area contributed by atoms with Crippen LogP contribution in [-0.4, -0.2) is 11.9 Å². The highest BCUT2D eigenvalue weighted by molar-refractivity contribution is 5.97. The van der Waals surface area contributed by atoms with Gasteiger partial charge in [-0.2, -0.15) is 0 Å². The average Bonchev–Trinajstić information content (AvgIpc) is 2.32. The maximum atomic E-state index is 11.3. The van der Waals surface area contributed by atoms with Gasteiger partial charge in [-0.15, -0.1) is 0 Å². The zero-order valence-corrected chi connectivity index (χ0v) is 7.33. The monoisotopic (exact) mass is 164 g/mol. The Bertz CT molecular complexity index is 286. The lowest BCUT2D eigenvalue weighted by molar-refractivity contribution is -0.118. The first kappa shape index (κ1) is 7.59. The average molecular weight is 164 g/mol. The van der Waals surface area contributed by atoms with E-state index in [-0.39, 0.29) is 11.9 Å². The quantitative estimate of drug-likeness (QED) is 0.546. The van der Waals surface area contributed by atoms with Crippen molar-refractivity contribution in [3.8, 4) is 0 Å². The number of rotatable bonds is 0. The summed E-state index contributed by atoms with van der Waals surface area (Å²) in [6.45, 7) is 4.10. The van der Waals surface area contributed by atoms with Crippen molar-refractivity contribution in [1.29, 1.82) is 0 Å². The number of allylic oxidation sites excluding steroid dienone is 3. The Morgan fingerprint density at radius 1 is 1.50 bits per heavy atom. The molecule has 64 valence electrons. The summed E-state index contributed by atoms with van der Waals surface area (Å²) in [7, 11) is 0. The van der Waals surface area contributed by atoms with Crippen LogP contribution in [0.3, 0.4) is 0 Å². The smallest absolute Gasteiger partial charge is 0.201 e. The van der Waals surface area contributed by atoms with Crippen molar-refractivity contribution >= 4 is 5.78 Å². The molecular formula is C10H12O2. The van der Waals surface area contributed by atoms with Crippen LogP contribution in [0.15, 0.2) is 23.5 Å². The summed E-state index contributed by atoms with van der Waals surface area (Å²) in [6.07, 6.45) is 4.59. The summed E-state index contributed by atoms with van der Waals surface area (Å²) in [5, 5.41) is 0. The second kappa shape index (κ2) is 2.47. The highest BCUT2D eigenvalue weighted by atomic mass is 16.5. The Kier molecular flexibility index (Phi) is 1.56. The number of ether oxygens (including phenoxy) is 1. The Balaban J connectivity index is 2.39. The van der Waals surface area contributed by atoms with E-state index < -0.39 is 0 Å². The topological polar surface area (TPSA) is 26.3 Å². The first-order valence-corrected chi connectivity index (χ1v) is 4.30. The summed E-state index contributed by atoms with van der Waals surface area (Å²) in [5.41, 5.74) is 1.08. The van der Waals surface area contributed by atoms with Crippen molar-refractivity contribution < 1.29 is 9.53 Å². The number of hydrogen-bond acceptors (Lipinski definition) is 2. The summed E-state index contributed by atoms with van der Waals surface area (Å²) >= 11 is 0. The lowest BCUT2D eigenvalue weighted by atomic mass is 9.93. The van der Waals surface area contributed by atoms with E-state index in [0.29, 0.717) is 18.1 Å². The van der Waals surface area contributed by atoms with Crippen LogP contribution >= 0.6 is 0 Å². The van der Waals surface area contributed by atoms with Crippen LogP contribution in [0.25, 0.3) is 0 Å². The van der Waals surface area contributed by atoms with E-state index in [4.69, 9.17) is 4.74 Å².